The molecule has 0 radical (unpaired) electrons. The average molecular weight is 211 g/mol. The van der Waals surface area contributed by atoms with Gasteiger partial charge >= 0.3 is 0 Å². The number of ether oxygens (including phenoxy) is 1. The van der Waals surface area contributed by atoms with Crippen LogP contribution in [0.3, 0.4) is 0 Å². The Labute approximate surface area is 94.0 Å². The van der Waals surface area contributed by atoms with Crippen molar-refractivity contribution in [2.75, 3.05) is 26.3 Å². The van der Waals surface area contributed by atoms with Crippen LogP contribution in [0, 0.1) is 10.8 Å². The van der Waals surface area contributed by atoms with Gasteiger partial charge in [-0.2, -0.15) is 0 Å². The quantitative estimate of drug-likeness (QED) is 0.661. The Balaban J connectivity index is 1.87. The van der Waals surface area contributed by atoms with Crippen molar-refractivity contribution in [1.29, 1.82) is 0 Å². The molecule has 2 heteroatoms. The monoisotopic (exact) mass is 211 g/mol. The zero-order valence-electron chi connectivity index (χ0n) is 10.7. The lowest BCUT2D eigenvalue weighted by Gasteiger charge is -2.50. The minimum absolute atomic E-state index is 0.403. The lowest BCUT2D eigenvalue weighted by molar-refractivity contribution is -0.145. The predicted molar refractivity (Wildman–Crippen MR) is 63.0 cm³/mol. The molecule has 0 aromatic carbocycles. The number of nitrogens with zero attached hydrogens (tertiary/aromatic N) is 1. The fourth-order valence-corrected chi connectivity index (χ4v) is 2.61. The van der Waals surface area contributed by atoms with E-state index in [0.717, 1.165) is 13.2 Å². The summed E-state index contributed by atoms with van der Waals surface area (Å²) in [5, 5.41) is 0. The highest BCUT2D eigenvalue weighted by Crippen LogP contribution is 2.40. The largest absolute Gasteiger partial charge is 0.380 e. The van der Waals surface area contributed by atoms with Crippen molar-refractivity contribution in [3.8, 4) is 0 Å². The van der Waals surface area contributed by atoms with Crippen LogP contribution in [0.25, 0.3) is 0 Å². The predicted octanol–water partition coefficient (Wildman–Crippen LogP) is 2.53. The average Bonchev–Trinajstić information content (AvgIpc) is 2.13. The van der Waals surface area contributed by atoms with Crippen molar-refractivity contribution < 1.29 is 4.74 Å². The summed E-state index contributed by atoms with van der Waals surface area (Å²) in [6.07, 6.45) is 2.68. The van der Waals surface area contributed by atoms with E-state index in [-0.39, 0.29) is 0 Å². The smallest absolute Gasteiger partial charge is 0.0545 e. The summed E-state index contributed by atoms with van der Waals surface area (Å²) in [4.78, 5) is 2.66. The fraction of sp³-hybridized carbons (Fsp3) is 1.00. The molecule has 0 unspecified atom stereocenters. The molecule has 2 nitrogen and oxygen atoms in total. The van der Waals surface area contributed by atoms with Crippen LogP contribution in [-0.4, -0.2) is 37.2 Å². The van der Waals surface area contributed by atoms with Gasteiger partial charge in [-0.3, -0.25) is 0 Å². The van der Waals surface area contributed by atoms with Gasteiger partial charge in [0.05, 0.1) is 13.2 Å². The van der Waals surface area contributed by atoms with E-state index in [0.29, 0.717) is 16.9 Å². The zero-order valence-corrected chi connectivity index (χ0v) is 10.7. The summed E-state index contributed by atoms with van der Waals surface area (Å²) in [6, 6.07) is 0.691. The van der Waals surface area contributed by atoms with E-state index < -0.39 is 0 Å². The molecule has 2 heterocycles. The Bertz CT molecular complexity index is 217. The second-order valence-electron chi connectivity index (χ2n) is 6.57. The maximum Gasteiger partial charge on any atom is 0.0545 e. The summed E-state index contributed by atoms with van der Waals surface area (Å²) in [7, 11) is 0. The first-order chi connectivity index (χ1) is 6.93. The van der Waals surface area contributed by atoms with Crippen molar-refractivity contribution in [3.63, 3.8) is 0 Å². The number of likely N-dealkylation sites (tertiary alicyclic amines) is 1. The van der Waals surface area contributed by atoms with E-state index in [1.54, 1.807) is 0 Å². The van der Waals surface area contributed by atoms with Gasteiger partial charge in [-0.1, -0.05) is 20.8 Å². The van der Waals surface area contributed by atoms with Crippen LogP contribution in [0.15, 0.2) is 0 Å². The molecule has 0 amide bonds. The van der Waals surface area contributed by atoms with Crippen LogP contribution in [0.5, 0.6) is 0 Å². The molecule has 2 saturated heterocycles. The van der Waals surface area contributed by atoms with Crippen molar-refractivity contribution in [1.82, 2.24) is 4.90 Å². The van der Waals surface area contributed by atoms with E-state index in [4.69, 9.17) is 4.74 Å². The molecule has 0 aromatic rings. The minimum Gasteiger partial charge on any atom is -0.380 e. The van der Waals surface area contributed by atoms with Crippen LogP contribution in [0.1, 0.15) is 40.5 Å². The van der Waals surface area contributed by atoms with Crippen molar-refractivity contribution in [2.45, 2.75) is 46.6 Å². The van der Waals surface area contributed by atoms with Gasteiger partial charge in [-0.05, 0) is 38.3 Å². The van der Waals surface area contributed by atoms with E-state index in [1.165, 1.54) is 25.9 Å². The van der Waals surface area contributed by atoms with Crippen LogP contribution in [0.2, 0.25) is 0 Å². The van der Waals surface area contributed by atoms with Gasteiger partial charge in [-0.15, -0.1) is 0 Å². The number of hydrogen-bond acceptors (Lipinski definition) is 2. The molecule has 1 atom stereocenters. The fourth-order valence-electron chi connectivity index (χ4n) is 2.61. The summed E-state index contributed by atoms with van der Waals surface area (Å²) >= 11 is 0. The molecular formula is C13H25NO. The highest BCUT2D eigenvalue weighted by Gasteiger charge is 2.42. The molecule has 88 valence electrons. The van der Waals surface area contributed by atoms with Crippen LogP contribution >= 0.6 is 0 Å². The molecule has 2 aliphatic heterocycles. The van der Waals surface area contributed by atoms with Crippen LogP contribution in [-0.2, 0) is 4.74 Å². The maximum atomic E-state index is 5.36. The Morgan fingerprint density at radius 2 is 1.67 bits per heavy atom. The minimum atomic E-state index is 0.403. The third-order valence-corrected chi connectivity index (χ3v) is 4.48. The topological polar surface area (TPSA) is 12.5 Å². The first-order valence-electron chi connectivity index (χ1n) is 6.25. The van der Waals surface area contributed by atoms with Crippen molar-refractivity contribution in [3.05, 3.63) is 0 Å². The van der Waals surface area contributed by atoms with Crippen LogP contribution in [0.4, 0.5) is 0 Å². The first-order valence-corrected chi connectivity index (χ1v) is 6.25. The molecule has 2 rings (SSSR count). The van der Waals surface area contributed by atoms with Gasteiger partial charge in [0.15, 0.2) is 0 Å². The lowest BCUT2D eigenvalue weighted by Crippen LogP contribution is -2.54. The maximum absolute atomic E-state index is 5.36. The van der Waals surface area contributed by atoms with Gasteiger partial charge in [-0.25, -0.2) is 0 Å². The molecule has 0 aliphatic carbocycles. The van der Waals surface area contributed by atoms with Gasteiger partial charge in [0.1, 0.15) is 0 Å². The van der Waals surface area contributed by atoms with Gasteiger partial charge < -0.3 is 9.64 Å². The van der Waals surface area contributed by atoms with Crippen molar-refractivity contribution >= 4 is 0 Å². The molecule has 0 N–H and O–H groups in total. The second kappa shape index (κ2) is 3.74. The highest BCUT2D eigenvalue weighted by molar-refractivity contribution is 4.93. The molecule has 2 aliphatic rings. The number of hydrogen-bond donors (Lipinski definition) is 0. The van der Waals surface area contributed by atoms with Crippen LogP contribution < -0.4 is 0 Å². The Morgan fingerprint density at radius 1 is 1.13 bits per heavy atom. The zero-order chi connectivity index (χ0) is 11.1. The number of rotatable bonds is 1. The van der Waals surface area contributed by atoms with E-state index >= 15 is 0 Å². The molecule has 1 spiro atoms. The SMILES string of the molecule is C[C@@H](N1CCC2(CC1)COC2)C(C)(C)C. The number of piperidine rings is 1. The standard InChI is InChI=1S/C13H25NO/c1-11(12(2,3)4)14-7-5-13(6-8-14)9-15-10-13/h11H,5-10H2,1-4H3/t11-/m1/s1. The molecule has 2 fully saturated rings. The molecule has 0 aromatic heterocycles. The molecular weight excluding hydrogens is 186 g/mol. The molecule has 0 saturated carbocycles. The Kier molecular flexibility index (Phi) is 2.85. The highest BCUT2D eigenvalue weighted by atomic mass is 16.5. The van der Waals surface area contributed by atoms with Gasteiger partial charge in [0, 0.05) is 11.5 Å². The molecule has 15 heavy (non-hydrogen) atoms. The second-order valence-corrected chi connectivity index (χ2v) is 6.57. The van der Waals surface area contributed by atoms with Gasteiger partial charge in [0.25, 0.3) is 0 Å². The summed E-state index contributed by atoms with van der Waals surface area (Å²) in [6.45, 7) is 14.0. The molecule has 0 bridgehead atoms. The Morgan fingerprint density at radius 3 is 2.00 bits per heavy atom. The normalized spacial score (nSPS) is 28.8. The van der Waals surface area contributed by atoms with Gasteiger partial charge in [0.2, 0.25) is 0 Å². The summed E-state index contributed by atoms with van der Waals surface area (Å²) in [5.74, 6) is 0. The third kappa shape index (κ3) is 2.21. The summed E-state index contributed by atoms with van der Waals surface area (Å²) in [5.41, 5.74) is 0.981. The summed E-state index contributed by atoms with van der Waals surface area (Å²) < 4.78 is 5.36. The van der Waals surface area contributed by atoms with E-state index in [9.17, 15) is 0 Å². The lowest BCUT2D eigenvalue weighted by atomic mass is 9.75. The van der Waals surface area contributed by atoms with E-state index in [1.807, 2.05) is 0 Å². The first kappa shape index (κ1) is 11.4. The van der Waals surface area contributed by atoms with E-state index in [2.05, 4.69) is 32.6 Å². The third-order valence-electron chi connectivity index (χ3n) is 4.48. The Hall–Kier alpha value is -0.0800. The van der Waals surface area contributed by atoms with Crippen molar-refractivity contribution in [2.24, 2.45) is 10.8 Å².